The molecule has 0 radical (unpaired) electrons. The molecule has 0 atom stereocenters. The number of aryl methyl sites for hydroxylation is 2. The van der Waals surface area contributed by atoms with Crippen molar-refractivity contribution >= 4 is 63.4 Å². The number of benzene rings is 3. The third-order valence-corrected chi connectivity index (χ3v) is 6.13. The largest absolute Gasteiger partial charge is 0.423 e. The summed E-state index contributed by atoms with van der Waals surface area (Å²) in [7, 11) is 0. The molecular formula is C25H18ClIN2O4. The number of anilines is 2. The van der Waals surface area contributed by atoms with Gasteiger partial charge in [0.1, 0.15) is 16.5 Å². The number of carbonyl (C=O) groups excluding carboxylic acids is 3. The van der Waals surface area contributed by atoms with Gasteiger partial charge >= 0.3 is 5.97 Å². The lowest BCUT2D eigenvalue weighted by atomic mass is 10.2. The number of ether oxygens (including phenoxy) is 1. The molecule has 8 heteroatoms. The van der Waals surface area contributed by atoms with Crippen LogP contribution in [0.15, 0.2) is 77.5 Å². The fourth-order valence-corrected chi connectivity index (χ4v) is 4.22. The number of hydrogen-bond acceptors (Lipinski definition) is 5. The van der Waals surface area contributed by atoms with Crippen LogP contribution in [0.2, 0.25) is 0 Å². The van der Waals surface area contributed by atoms with Gasteiger partial charge in [-0.3, -0.25) is 9.59 Å². The van der Waals surface area contributed by atoms with Crippen LogP contribution < -0.4 is 15.0 Å². The standard InChI is InChI=1S/C25H18ClIN2O4/c1-14-5-3-4-6-20(14)33-25(32)16-7-10-18(11-8-16)28-22-21(26)23(30)29(24(22)31)19-12-9-17(27)13-15(19)2/h3-13,28H,1-2H3. The third-order valence-electron chi connectivity index (χ3n) is 5.11. The molecule has 0 saturated carbocycles. The van der Waals surface area contributed by atoms with Gasteiger partial charge in [-0.15, -0.1) is 0 Å². The summed E-state index contributed by atoms with van der Waals surface area (Å²) in [4.78, 5) is 39.2. The molecule has 0 saturated heterocycles. The number of esters is 1. The molecule has 0 unspecified atom stereocenters. The Labute approximate surface area is 209 Å². The van der Waals surface area contributed by atoms with E-state index in [1.54, 1.807) is 42.5 Å². The summed E-state index contributed by atoms with van der Waals surface area (Å²) in [6.45, 7) is 3.68. The van der Waals surface area contributed by atoms with Crippen LogP contribution >= 0.6 is 34.2 Å². The van der Waals surface area contributed by atoms with Gasteiger partial charge in [-0.05, 0) is 96.1 Å². The molecule has 33 heavy (non-hydrogen) atoms. The van der Waals surface area contributed by atoms with Gasteiger partial charge < -0.3 is 10.1 Å². The van der Waals surface area contributed by atoms with Crippen molar-refractivity contribution in [1.82, 2.24) is 0 Å². The zero-order chi connectivity index (χ0) is 23.7. The Balaban J connectivity index is 1.50. The SMILES string of the molecule is Cc1ccccc1OC(=O)c1ccc(NC2=C(Cl)C(=O)N(c3ccc(I)cc3C)C2=O)cc1. The molecule has 2 amide bonds. The highest BCUT2D eigenvalue weighted by atomic mass is 127. The van der Waals surface area contributed by atoms with Gasteiger partial charge in [0.15, 0.2) is 0 Å². The molecule has 0 fully saturated rings. The number of hydrogen-bond donors (Lipinski definition) is 1. The molecule has 1 N–H and O–H groups in total. The van der Waals surface area contributed by atoms with Gasteiger partial charge in [-0.2, -0.15) is 0 Å². The Bertz CT molecular complexity index is 1320. The molecule has 3 aromatic rings. The van der Waals surface area contributed by atoms with Crippen LogP contribution in [-0.4, -0.2) is 17.8 Å². The molecule has 6 nitrogen and oxygen atoms in total. The maximum absolute atomic E-state index is 13.0. The van der Waals surface area contributed by atoms with Crippen LogP contribution in [-0.2, 0) is 9.59 Å². The molecule has 1 aliphatic rings. The predicted molar refractivity (Wildman–Crippen MR) is 135 cm³/mol. The minimum absolute atomic E-state index is 0.0187. The first-order valence-electron chi connectivity index (χ1n) is 9.96. The number of para-hydroxylation sites is 1. The van der Waals surface area contributed by atoms with Crippen molar-refractivity contribution in [2.75, 3.05) is 10.2 Å². The summed E-state index contributed by atoms with van der Waals surface area (Å²) in [6.07, 6.45) is 0. The summed E-state index contributed by atoms with van der Waals surface area (Å²) in [5, 5.41) is 2.71. The third kappa shape index (κ3) is 4.65. The van der Waals surface area contributed by atoms with Crippen molar-refractivity contribution in [1.29, 1.82) is 0 Å². The van der Waals surface area contributed by atoms with Crippen LogP contribution in [0.4, 0.5) is 11.4 Å². The number of carbonyl (C=O) groups is 3. The Morgan fingerprint density at radius 2 is 1.64 bits per heavy atom. The zero-order valence-corrected chi connectivity index (χ0v) is 20.6. The second kappa shape index (κ2) is 9.36. The topological polar surface area (TPSA) is 75.7 Å². The van der Waals surface area contributed by atoms with E-state index < -0.39 is 17.8 Å². The van der Waals surface area contributed by atoms with E-state index in [-0.39, 0.29) is 10.7 Å². The summed E-state index contributed by atoms with van der Waals surface area (Å²) >= 11 is 8.38. The first-order valence-corrected chi connectivity index (χ1v) is 11.4. The highest BCUT2D eigenvalue weighted by molar-refractivity contribution is 14.1. The van der Waals surface area contributed by atoms with E-state index in [4.69, 9.17) is 16.3 Å². The van der Waals surface area contributed by atoms with Gasteiger partial charge in [-0.25, -0.2) is 9.69 Å². The second-order valence-corrected chi connectivity index (χ2v) is 9.05. The van der Waals surface area contributed by atoms with Crippen molar-refractivity contribution in [3.8, 4) is 5.75 Å². The van der Waals surface area contributed by atoms with Crippen LogP contribution in [0.5, 0.6) is 5.75 Å². The number of nitrogens with one attached hydrogen (secondary N) is 1. The van der Waals surface area contributed by atoms with Crippen molar-refractivity contribution < 1.29 is 19.1 Å². The first-order chi connectivity index (χ1) is 15.8. The van der Waals surface area contributed by atoms with Gasteiger partial charge in [0.2, 0.25) is 0 Å². The van der Waals surface area contributed by atoms with Crippen molar-refractivity contribution in [3.05, 3.63) is 97.7 Å². The molecule has 0 bridgehead atoms. The molecule has 3 aromatic carbocycles. The number of nitrogens with zero attached hydrogens (tertiary/aromatic N) is 1. The van der Waals surface area contributed by atoms with Gasteiger partial charge in [0, 0.05) is 9.26 Å². The Morgan fingerprint density at radius 1 is 0.939 bits per heavy atom. The smallest absolute Gasteiger partial charge is 0.343 e. The van der Waals surface area contributed by atoms with Gasteiger partial charge in [-0.1, -0.05) is 29.8 Å². The Hall–Kier alpha value is -3.17. The maximum Gasteiger partial charge on any atom is 0.343 e. The Kier molecular flexibility index (Phi) is 6.53. The van der Waals surface area contributed by atoms with Crippen molar-refractivity contribution in [2.24, 2.45) is 0 Å². The van der Waals surface area contributed by atoms with E-state index in [1.165, 1.54) is 0 Å². The minimum Gasteiger partial charge on any atom is -0.423 e. The fraction of sp³-hybridized carbons (Fsp3) is 0.0800. The second-order valence-electron chi connectivity index (χ2n) is 7.42. The van der Waals surface area contributed by atoms with E-state index in [1.807, 2.05) is 38.1 Å². The first kappa shape index (κ1) is 23.0. The summed E-state index contributed by atoms with van der Waals surface area (Å²) in [5.74, 6) is -1.15. The minimum atomic E-state index is -0.591. The molecule has 0 aromatic heterocycles. The highest BCUT2D eigenvalue weighted by Gasteiger charge is 2.39. The zero-order valence-electron chi connectivity index (χ0n) is 17.7. The summed E-state index contributed by atoms with van der Waals surface area (Å²) < 4.78 is 6.43. The Morgan fingerprint density at radius 3 is 2.30 bits per heavy atom. The number of amides is 2. The predicted octanol–water partition coefficient (Wildman–Crippen LogP) is 5.56. The molecule has 1 aliphatic heterocycles. The van der Waals surface area contributed by atoms with Crippen LogP contribution in [0.1, 0.15) is 21.5 Å². The van der Waals surface area contributed by atoms with E-state index in [2.05, 4.69) is 27.9 Å². The molecule has 0 aliphatic carbocycles. The van der Waals surface area contributed by atoms with Crippen molar-refractivity contribution in [3.63, 3.8) is 0 Å². The molecule has 4 rings (SSSR count). The monoisotopic (exact) mass is 572 g/mol. The van der Waals surface area contributed by atoms with Gasteiger partial charge in [0.05, 0.1) is 11.3 Å². The number of rotatable bonds is 5. The molecule has 0 spiro atoms. The molecule has 166 valence electrons. The molecular weight excluding hydrogens is 555 g/mol. The number of halogens is 2. The number of imide groups is 1. The van der Waals surface area contributed by atoms with E-state index in [9.17, 15) is 14.4 Å². The van der Waals surface area contributed by atoms with Crippen LogP contribution in [0.3, 0.4) is 0 Å². The van der Waals surface area contributed by atoms with Crippen LogP contribution in [0.25, 0.3) is 0 Å². The lowest BCUT2D eigenvalue weighted by molar-refractivity contribution is -0.120. The summed E-state index contributed by atoms with van der Waals surface area (Å²) in [5.41, 5.74) is 2.94. The highest BCUT2D eigenvalue weighted by Crippen LogP contribution is 2.32. The molecule has 1 heterocycles. The lowest BCUT2D eigenvalue weighted by Crippen LogP contribution is -2.32. The normalized spacial score (nSPS) is 13.5. The van der Waals surface area contributed by atoms with E-state index in [0.717, 1.165) is 19.6 Å². The fourth-order valence-electron chi connectivity index (χ4n) is 3.36. The maximum atomic E-state index is 13.0. The average Bonchev–Trinajstić information content (AvgIpc) is 2.99. The van der Waals surface area contributed by atoms with E-state index >= 15 is 0 Å². The van der Waals surface area contributed by atoms with Crippen LogP contribution in [0, 0.1) is 17.4 Å². The van der Waals surface area contributed by atoms with Gasteiger partial charge in [0.25, 0.3) is 11.8 Å². The average molecular weight is 573 g/mol. The summed E-state index contributed by atoms with van der Waals surface area (Å²) in [6, 6.07) is 19.0. The van der Waals surface area contributed by atoms with Crippen molar-refractivity contribution in [2.45, 2.75) is 13.8 Å². The lowest BCUT2D eigenvalue weighted by Gasteiger charge is -2.17. The van der Waals surface area contributed by atoms with E-state index in [0.29, 0.717) is 22.7 Å². The quantitative estimate of drug-likeness (QED) is 0.187.